The summed E-state index contributed by atoms with van der Waals surface area (Å²) >= 11 is 0. The van der Waals surface area contributed by atoms with Gasteiger partial charge < -0.3 is 4.90 Å². The minimum atomic E-state index is 0.904. The summed E-state index contributed by atoms with van der Waals surface area (Å²) in [5.74, 6) is 0.980. The van der Waals surface area contributed by atoms with Crippen LogP contribution in [0.25, 0.3) is 0 Å². The van der Waals surface area contributed by atoms with Crippen LogP contribution in [0.1, 0.15) is 52.4 Å². The monoisotopic (exact) mass is 238 g/mol. The van der Waals surface area contributed by atoms with Crippen LogP contribution in [-0.4, -0.2) is 48.6 Å². The molecule has 0 bridgehead atoms. The normalized spacial score (nSPS) is 34.2. The predicted octanol–water partition coefficient (Wildman–Crippen LogP) is 2.98. The number of piperazine rings is 1. The van der Waals surface area contributed by atoms with Crippen LogP contribution in [0.5, 0.6) is 0 Å². The molecule has 2 heteroatoms. The Labute approximate surface area is 107 Å². The topological polar surface area (TPSA) is 6.48 Å². The Balaban J connectivity index is 1.77. The van der Waals surface area contributed by atoms with Crippen molar-refractivity contribution in [1.82, 2.24) is 9.80 Å². The van der Waals surface area contributed by atoms with E-state index < -0.39 is 0 Å². The van der Waals surface area contributed by atoms with Gasteiger partial charge >= 0.3 is 0 Å². The van der Waals surface area contributed by atoms with Gasteiger partial charge in [-0.1, -0.05) is 39.5 Å². The second kappa shape index (κ2) is 6.75. The van der Waals surface area contributed by atoms with E-state index >= 15 is 0 Å². The Hall–Kier alpha value is -0.0800. The molecule has 1 aliphatic carbocycles. The summed E-state index contributed by atoms with van der Waals surface area (Å²) in [4.78, 5) is 5.36. The highest BCUT2D eigenvalue weighted by molar-refractivity contribution is 4.80. The maximum absolute atomic E-state index is 2.78. The van der Waals surface area contributed by atoms with Crippen LogP contribution in [-0.2, 0) is 0 Å². The summed E-state index contributed by atoms with van der Waals surface area (Å²) in [5.41, 5.74) is 0. The lowest BCUT2D eigenvalue weighted by molar-refractivity contribution is 0.0845. The van der Waals surface area contributed by atoms with Gasteiger partial charge in [-0.15, -0.1) is 0 Å². The highest BCUT2D eigenvalue weighted by Crippen LogP contribution is 2.25. The molecule has 2 nitrogen and oxygen atoms in total. The number of nitrogens with zero attached hydrogens (tertiary/aromatic N) is 2. The Morgan fingerprint density at radius 2 is 1.47 bits per heavy atom. The zero-order valence-electron chi connectivity index (χ0n) is 11.8. The van der Waals surface area contributed by atoms with Gasteiger partial charge in [-0.05, 0) is 25.3 Å². The predicted molar refractivity (Wildman–Crippen MR) is 74.3 cm³/mol. The highest BCUT2D eigenvalue weighted by Gasteiger charge is 2.24. The molecule has 2 rings (SSSR count). The standard InChI is InChI=1S/C15H30N2/c1-3-16-10-12-17(13-11-16)15-8-4-6-14(2)7-5-9-15/h14-15H,3-13H2,1-2H3. The fourth-order valence-electron chi connectivity index (χ4n) is 3.50. The largest absolute Gasteiger partial charge is 0.301 e. The van der Waals surface area contributed by atoms with Crippen molar-refractivity contribution in [3.05, 3.63) is 0 Å². The first-order chi connectivity index (χ1) is 8.29. The van der Waals surface area contributed by atoms with Crippen LogP contribution >= 0.6 is 0 Å². The fraction of sp³-hybridized carbons (Fsp3) is 1.00. The van der Waals surface area contributed by atoms with Crippen LogP contribution in [0.4, 0.5) is 0 Å². The third-order valence-corrected chi connectivity index (χ3v) is 4.84. The van der Waals surface area contributed by atoms with E-state index in [1.165, 1.54) is 71.2 Å². The van der Waals surface area contributed by atoms with E-state index in [2.05, 4.69) is 23.6 Å². The first-order valence-corrected chi connectivity index (χ1v) is 7.76. The Morgan fingerprint density at radius 1 is 0.882 bits per heavy atom. The average Bonchev–Trinajstić information content (AvgIpc) is 2.34. The van der Waals surface area contributed by atoms with Gasteiger partial charge in [-0.2, -0.15) is 0 Å². The molecule has 100 valence electrons. The van der Waals surface area contributed by atoms with Crippen LogP contribution in [0.2, 0.25) is 0 Å². The molecule has 1 aliphatic heterocycles. The van der Waals surface area contributed by atoms with E-state index in [1.807, 2.05) is 0 Å². The van der Waals surface area contributed by atoms with Gasteiger partial charge in [0.15, 0.2) is 0 Å². The van der Waals surface area contributed by atoms with Crippen molar-refractivity contribution in [3.8, 4) is 0 Å². The molecule has 1 saturated carbocycles. The molecular formula is C15H30N2. The van der Waals surface area contributed by atoms with Crippen LogP contribution < -0.4 is 0 Å². The summed E-state index contributed by atoms with van der Waals surface area (Å²) in [5, 5.41) is 0. The van der Waals surface area contributed by atoms with E-state index in [-0.39, 0.29) is 0 Å². The molecular weight excluding hydrogens is 208 g/mol. The second-order valence-corrected chi connectivity index (χ2v) is 6.09. The first kappa shape index (κ1) is 13.4. The van der Waals surface area contributed by atoms with Crippen molar-refractivity contribution < 1.29 is 0 Å². The van der Waals surface area contributed by atoms with E-state index in [0.717, 1.165) is 12.0 Å². The lowest BCUT2D eigenvalue weighted by atomic mass is 9.89. The molecule has 0 amide bonds. The van der Waals surface area contributed by atoms with E-state index in [9.17, 15) is 0 Å². The maximum Gasteiger partial charge on any atom is 0.0113 e. The SMILES string of the molecule is CCN1CCN(C2CCCC(C)CCC2)CC1. The minimum absolute atomic E-state index is 0.904. The van der Waals surface area contributed by atoms with Crippen molar-refractivity contribution in [2.45, 2.75) is 58.4 Å². The Morgan fingerprint density at radius 3 is 2.00 bits per heavy atom. The van der Waals surface area contributed by atoms with Crippen molar-refractivity contribution in [2.24, 2.45) is 5.92 Å². The van der Waals surface area contributed by atoms with Crippen LogP contribution in [0.15, 0.2) is 0 Å². The highest BCUT2D eigenvalue weighted by atomic mass is 15.3. The lowest BCUT2D eigenvalue weighted by Crippen LogP contribution is -2.50. The second-order valence-electron chi connectivity index (χ2n) is 6.09. The number of hydrogen-bond donors (Lipinski definition) is 0. The fourth-order valence-corrected chi connectivity index (χ4v) is 3.50. The maximum atomic E-state index is 2.78. The van der Waals surface area contributed by atoms with Gasteiger partial charge in [-0.25, -0.2) is 0 Å². The molecule has 0 atom stereocenters. The third-order valence-electron chi connectivity index (χ3n) is 4.84. The molecule has 0 N–H and O–H groups in total. The first-order valence-electron chi connectivity index (χ1n) is 7.76. The molecule has 1 saturated heterocycles. The van der Waals surface area contributed by atoms with Gasteiger partial charge in [0.05, 0.1) is 0 Å². The molecule has 2 fully saturated rings. The van der Waals surface area contributed by atoms with Crippen molar-refractivity contribution >= 4 is 0 Å². The van der Waals surface area contributed by atoms with Crippen LogP contribution in [0, 0.1) is 5.92 Å². The van der Waals surface area contributed by atoms with Gasteiger partial charge in [0.1, 0.15) is 0 Å². The van der Waals surface area contributed by atoms with Crippen molar-refractivity contribution in [2.75, 3.05) is 32.7 Å². The van der Waals surface area contributed by atoms with E-state index in [4.69, 9.17) is 0 Å². The minimum Gasteiger partial charge on any atom is -0.301 e. The van der Waals surface area contributed by atoms with Gasteiger partial charge in [0, 0.05) is 32.2 Å². The van der Waals surface area contributed by atoms with Crippen molar-refractivity contribution in [1.29, 1.82) is 0 Å². The van der Waals surface area contributed by atoms with Gasteiger partial charge in [0.2, 0.25) is 0 Å². The summed E-state index contributed by atoms with van der Waals surface area (Å²) < 4.78 is 0. The quantitative estimate of drug-likeness (QED) is 0.730. The zero-order valence-corrected chi connectivity index (χ0v) is 11.8. The van der Waals surface area contributed by atoms with Crippen LogP contribution in [0.3, 0.4) is 0 Å². The lowest BCUT2D eigenvalue weighted by Gasteiger charge is -2.40. The van der Waals surface area contributed by atoms with E-state index in [0.29, 0.717) is 0 Å². The third kappa shape index (κ3) is 3.96. The zero-order chi connectivity index (χ0) is 12.1. The summed E-state index contributed by atoms with van der Waals surface area (Å²) in [7, 11) is 0. The molecule has 0 spiro atoms. The molecule has 0 aromatic heterocycles. The molecule has 0 radical (unpaired) electrons. The Bertz CT molecular complexity index is 199. The molecule has 0 unspecified atom stereocenters. The molecule has 0 aromatic rings. The molecule has 1 heterocycles. The van der Waals surface area contributed by atoms with Crippen molar-refractivity contribution in [3.63, 3.8) is 0 Å². The molecule has 17 heavy (non-hydrogen) atoms. The Kier molecular flexibility index (Phi) is 5.30. The summed E-state index contributed by atoms with van der Waals surface area (Å²) in [6.07, 6.45) is 8.75. The number of likely N-dealkylation sites (N-methyl/N-ethyl adjacent to an activating group) is 1. The van der Waals surface area contributed by atoms with Gasteiger partial charge in [-0.3, -0.25) is 4.90 Å². The summed E-state index contributed by atoms with van der Waals surface area (Å²) in [6.45, 7) is 11.2. The molecule has 2 aliphatic rings. The molecule has 0 aromatic carbocycles. The average molecular weight is 238 g/mol. The number of rotatable bonds is 2. The van der Waals surface area contributed by atoms with Gasteiger partial charge in [0.25, 0.3) is 0 Å². The number of hydrogen-bond acceptors (Lipinski definition) is 2. The van der Waals surface area contributed by atoms with E-state index in [1.54, 1.807) is 0 Å². The smallest absolute Gasteiger partial charge is 0.0113 e. The summed E-state index contributed by atoms with van der Waals surface area (Å²) in [6, 6.07) is 0.904.